The van der Waals surface area contributed by atoms with Crippen molar-refractivity contribution < 1.29 is 0 Å². The summed E-state index contributed by atoms with van der Waals surface area (Å²) in [6, 6.07) is 61.5. The molecule has 0 fully saturated rings. The van der Waals surface area contributed by atoms with Crippen LogP contribution in [0.4, 0.5) is 34.1 Å². The fourth-order valence-electron chi connectivity index (χ4n) is 7.87. The Balaban J connectivity index is 1.23. The van der Waals surface area contributed by atoms with Crippen LogP contribution in [0.1, 0.15) is 0 Å². The molecule has 0 N–H and O–H groups in total. The Labute approximate surface area is 292 Å². The van der Waals surface area contributed by atoms with Crippen LogP contribution >= 0.6 is 0 Å². The number of anilines is 6. The maximum Gasteiger partial charge on any atom is 0.223 e. The Morgan fingerprint density at radius 1 is 0.314 bits per heavy atom. The minimum Gasteiger partial charge on any atom is -0.308 e. The average Bonchev–Trinajstić information content (AvgIpc) is 3.93. The van der Waals surface area contributed by atoms with Gasteiger partial charge < -0.3 is 9.80 Å². The predicted molar refractivity (Wildman–Crippen MR) is 208 cm³/mol. The lowest BCUT2D eigenvalue weighted by Crippen LogP contribution is -2.10. The van der Waals surface area contributed by atoms with Crippen molar-refractivity contribution in [3.8, 4) is 0 Å². The van der Waals surface area contributed by atoms with Crippen LogP contribution in [0.25, 0.3) is 50.2 Å². The van der Waals surface area contributed by atoms with E-state index in [-0.39, 0.29) is 0 Å². The lowest BCUT2D eigenvalue weighted by Gasteiger charge is -2.26. The van der Waals surface area contributed by atoms with Gasteiger partial charge in [0.25, 0.3) is 0 Å². The van der Waals surface area contributed by atoms with Gasteiger partial charge in [0.05, 0.1) is 44.5 Å². The average molecular weight is 656 g/mol. The summed E-state index contributed by atoms with van der Waals surface area (Å²) in [6.45, 7) is 0. The molecule has 0 bridgehead atoms. The van der Waals surface area contributed by atoms with Gasteiger partial charge in [0.1, 0.15) is 5.52 Å². The van der Waals surface area contributed by atoms with Gasteiger partial charge in [0, 0.05) is 22.7 Å². The van der Waals surface area contributed by atoms with Gasteiger partial charge in [-0.15, -0.1) is 0 Å². The number of hydrogen-bond acceptors (Lipinski definition) is 4. The Morgan fingerprint density at radius 3 is 1.04 bits per heavy atom. The van der Waals surface area contributed by atoms with Gasteiger partial charge in [-0.2, -0.15) is 0 Å². The van der Waals surface area contributed by atoms with Crippen LogP contribution < -0.4 is 9.80 Å². The lowest BCUT2D eigenvalue weighted by atomic mass is 10.1. The quantitative estimate of drug-likeness (QED) is 0.179. The number of nitrogens with zero attached hydrogens (tertiary/aromatic N) is 7. The van der Waals surface area contributed by atoms with Crippen molar-refractivity contribution in [2.24, 2.45) is 0 Å². The Morgan fingerprint density at radius 2 is 0.667 bits per heavy atom. The van der Waals surface area contributed by atoms with E-state index < -0.39 is 0 Å². The van der Waals surface area contributed by atoms with Crippen LogP contribution in [-0.2, 0) is 0 Å². The van der Waals surface area contributed by atoms with E-state index >= 15 is 0 Å². The van der Waals surface area contributed by atoms with E-state index in [1.165, 1.54) is 0 Å². The summed E-state index contributed by atoms with van der Waals surface area (Å²) in [6.07, 6.45) is 0. The van der Waals surface area contributed by atoms with Gasteiger partial charge in [-0.05, 0) is 84.9 Å². The summed E-state index contributed by atoms with van der Waals surface area (Å²) in [5.41, 5.74) is 13.6. The molecular weight excluding hydrogens is 627 g/mol. The Bertz CT molecular complexity index is 2740. The number of aromatic nitrogens is 5. The predicted octanol–water partition coefficient (Wildman–Crippen LogP) is 11.1. The first kappa shape index (κ1) is 27.8. The monoisotopic (exact) mass is 655 g/mol. The van der Waals surface area contributed by atoms with Gasteiger partial charge in [0.2, 0.25) is 11.6 Å². The third-order valence-corrected chi connectivity index (χ3v) is 9.91. The normalized spacial score (nSPS) is 11.9. The van der Waals surface area contributed by atoms with Gasteiger partial charge in [-0.1, -0.05) is 91.0 Å². The van der Waals surface area contributed by atoms with Crippen molar-refractivity contribution in [1.82, 2.24) is 23.2 Å². The summed E-state index contributed by atoms with van der Waals surface area (Å²) >= 11 is 0. The summed E-state index contributed by atoms with van der Waals surface area (Å²) in [7, 11) is 0. The van der Waals surface area contributed by atoms with E-state index in [0.29, 0.717) is 0 Å². The molecule has 11 rings (SSSR count). The largest absolute Gasteiger partial charge is 0.308 e. The standard InChI is InChI=1S/C44H29N7/c1-5-16-30(17-6-1)47(31-18-7-2-8-19-31)36-26-13-24-34-40(36)49-38-28-15-29-39-42(38)51(43(49)45-34)44-46-35-25-14-27-37(41(35)50(39)44)48(32-20-9-3-10-21-32)33-22-11-4-12-23-33/h1-29H. The molecule has 0 saturated heterocycles. The molecule has 0 unspecified atom stereocenters. The molecule has 0 amide bonds. The topological polar surface area (TPSA) is 45.5 Å². The molecule has 0 atom stereocenters. The molecule has 0 saturated carbocycles. The van der Waals surface area contributed by atoms with Crippen molar-refractivity contribution in [3.63, 3.8) is 0 Å². The molecule has 0 aliphatic carbocycles. The highest BCUT2D eigenvalue weighted by molar-refractivity contribution is 6.08. The van der Waals surface area contributed by atoms with Crippen LogP contribution in [0.15, 0.2) is 176 Å². The van der Waals surface area contributed by atoms with Gasteiger partial charge in [-0.3, -0.25) is 8.80 Å². The van der Waals surface area contributed by atoms with E-state index in [1.54, 1.807) is 0 Å². The number of rotatable bonds is 6. The zero-order chi connectivity index (χ0) is 33.5. The molecule has 7 aromatic carbocycles. The first-order chi connectivity index (χ1) is 25.3. The molecule has 0 spiro atoms. The van der Waals surface area contributed by atoms with Crippen LogP contribution in [0.2, 0.25) is 0 Å². The van der Waals surface area contributed by atoms with Crippen molar-refractivity contribution in [1.29, 1.82) is 0 Å². The minimum absolute atomic E-state index is 0.833. The second-order valence-electron chi connectivity index (χ2n) is 12.8. The van der Waals surface area contributed by atoms with E-state index in [1.807, 2.05) is 0 Å². The molecular formula is C44H29N7. The van der Waals surface area contributed by atoms with E-state index in [9.17, 15) is 0 Å². The van der Waals surface area contributed by atoms with Crippen molar-refractivity contribution >= 4 is 84.3 Å². The maximum atomic E-state index is 5.34. The molecule has 0 aliphatic rings. The van der Waals surface area contributed by atoms with E-state index in [2.05, 4.69) is 199 Å². The SMILES string of the molecule is c1ccc(N(c2ccccc2)c2cccc3nc4n(c5cccc6c5n4c4nc5cccc(N(c7ccccc7)c7ccccc7)c5n64)c23)cc1. The molecule has 0 aliphatic heterocycles. The fourth-order valence-corrected chi connectivity index (χ4v) is 7.87. The number of hydrogen-bond donors (Lipinski definition) is 0. The zero-order valence-corrected chi connectivity index (χ0v) is 27.4. The van der Waals surface area contributed by atoms with Gasteiger partial charge in [-0.25, -0.2) is 14.4 Å². The smallest absolute Gasteiger partial charge is 0.223 e. The number of imidazole rings is 4. The molecule has 4 heterocycles. The third-order valence-electron chi connectivity index (χ3n) is 9.91. The second-order valence-corrected chi connectivity index (χ2v) is 12.8. The highest BCUT2D eigenvalue weighted by Crippen LogP contribution is 2.44. The molecule has 7 nitrogen and oxygen atoms in total. The van der Waals surface area contributed by atoms with Crippen molar-refractivity contribution in [2.45, 2.75) is 0 Å². The van der Waals surface area contributed by atoms with Crippen LogP contribution in [0.3, 0.4) is 0 Å². The molecule has 7 heteroatoms. The molecule has 4 aromatic heterocycles. The van der Waals surface area contributed by atoms with Crippen LogP contribution in [-0.4, -0.2) is 23.2 Å². The molecule has 51 heavy (non-hydrogen) atoms. The molecule has 11 aromatic rings. The first-order valence-corrected chi connectivity index (χ1v) is 17.1. The second kappa shape index (κ2) is 10.7. The molecule has 240 valence electrons. The third kappa shape index (κ3) is 3.94. The fraction of sp³-hybridized carbons (Fsp3) is 0. The maximum absolute atomic E-state index is 5.34. The van der Waals surface area contributed by atoms with Crippen molar-refractivity contribution in [3.05, 3.63) is 176 Å². The zero-order valence-electron chi connectivity index (χ0n) is 27.4. The number of benzene rings is 7. The van der Waals surface area contributed by atoms with Crippen LogP contribution in [0.5, 0.6) is 0 Å². The number of para-hydroxylation sites is 7. The van der Waals surface area contributed by atoms with E-state index in [4.69, 9.17) is 9.97 Å². The van der Waals surface area contributed by atoms with Crippen LogP contribution in [0, 0.1) is 0 Å². The Kier molecular flexibility index (Phi) is 5.83. The summed E-state index contributed by atoms with van der Waals surface area (Å²) in [5.74, 6) is 1.67. The lowest BCUT2D eigenvalue weighted by molar-refractivity contribution is 1.15. The summed E-state index contributed by atoms with van der Waals surface area (Å²) in [5, 5.41) is 0. The Hall–Kier alpha value is -7.12. The first-order valence-electron chi connectivity index (χ1n) is 17.1. The highest BCUT2D eigenvalue weighted by Gasteiger charge is 2.27. The van der Waals surface area contributed by atoms with Gasteiger partial charge in [0.15, 0.2) is 0 Å². The number of fused-ring (bicyclic) bond motifs is 10. The van der Waals surface area contributed by atoms with E-state index in [0.717, 1.165) is 84.3 Å². The summed E-state index contributed by atoms with van der Waals surface area (Å²) in [4.78, 5) is 15.3. The minimum atomic E-state index is 0.833. The molecule has 0 radical (unpaired) electrons. The van der Waals surface area contributed by atoms with Gasteiger partial charge >= 0.3 is 0 Å². The highest BCUT2D eigenvalue weighted by atomic mass is 15.3. The summed E-state index contributed by atoms with van der Waals surface area (Å²) < 4.78 is 6.86. The van der Waals surface area contributed by atoms with Crippen molar-refractivity contribution in [2.75, 3.05) is 9.80 Å².